The maximum atomic E-state index is 13.1. The molecule has 0 bridgehead atoms. The van der Waals surface area contributed by atoms with Gasteiger partial charge in [0.2, 0.25) is 0 Å². The fourth-order valence-corrected chi connectivity index (χ4v) is 9.43. The third kappa shape index (κ3) is 43.2. The predicted octanol–water partition coefficient (Wildman–Crippen LogP) is 16.6. The molecule has 1 fully saturated rings. The summed E-state index contributed by atoms with van der Waals surface area (Å²) in [6.07, 6.45) is 52.2. The molecule has 0 amide bonds. The molecule has 0 radical (unpaired) electrons. The minimum atomic E-state index is -1.91. The standard InChI is InChI=1S/C65H114O12/c1-4-7-10-13-16-19-22-24-26-28-29-31-33-35-38-41-44-47-50-53-59(68)76-63-61(70)60(69)62(64(71)72)77-65(63)74-55-56(75-58(67)52-49-46-43-40-36-21-18-15-12-9-6-3)54-73-57(66)51-48-45-42-39-37-34-32-30-27-25-23-20-17-14-11-8-5-2/h15-16,18-19,24-27,56,60-63,65,69-70H,4-14,17,20-23,28-55H2,1-3H3,(H,71,72)/b18-15-,19-16-,26-24-,27-25-. The molecule has 12 nitrogen and oxygen atoms in total. The first-order valence-corrected chi connectivity index (χ1v) is 31.6. The zero-order chi connectivity index (χ0) is 56.1. The normalized spacial score (nSPS) is 18.3. The van der Waals surface area contributed by atoms with E-state index in [9.17, 15) is 34.5 Å². The van der Waals surface area contributed by atoms with Gasteiger partial charge in [0, 0.05) is 19.3 Å². The molecule has 3 N–H and O–H groups in total. The highest BCUT2D eigenvalue weighted by atomic mass is 16.7. The van der Waals surface area contributed by atoms with Crippen LogP contribution in [-0.2, 0) is 42.9 Å². The molecule has 1 heterocycles. The van der Waals surface area contributed by atoms with Crippen molar-refractivity contribution in [2.75, 3.05) is 13.2 Å². The van der Waals surface area contributed by atoms with E-state index in [4.69, 9.17) is 23.7 Å². The molecule has 0 aromatic carbocycles. The second-order valence-corrected chi connectivity index (χ2v) is 21.7. The van der Waals surface area contributed by atoms with Crippen molar-refractivity contribution in [3.63, 3.8) is 0 Å². The summed E-state index contributed by atoms with van der Waals surface area (Å²) in [5, 5.41) is 31.5. The van der Waals surface area contributed by atoms with Crippen molar-refractivity contribution in [3.05, 3.63) is 48.6 Å². The molecule has 1 rings (SSSR count). The number of hydrogen-bond donors (Lipinski definition) is 3. The van der Waals surface area contributed by atoms with Crippen LogP contribution in [0.4, 0.5) is 0 Å². The zero-order valence-corrected chi connectivity index (χ0v) is 49.2. The average Bonchev–Trinajstić information content (AvgIpc) is 3.41. The Morgan fingerprint density at radius 1 is 0.429 bits per heavy atom. The van der Waals surface area contributed by atoms with Crippen molar-refractivity contribution < 1.29 is 58.2 Å². The number of aliphatic hydroxyl groups excluding tert-OH is 2. The molecular weight excluding hydrogens is 973 g/mol. The van der Waals surface area contributed by atoms with Crippen molar-refractivity contribution in [2.24, 2.45) is 0 Å². The third-order valence-electron chi connectivity index (χ3n) is 14.3. The molecule has 446 valence electrons. The van der Waals surface area contributed by atoms with E-state index in [1.165, 1.54) is 128 Å². The van der Waals surface area contributed by atoms with E-state index >= 15 is 0 Å². The molecule has 0 spiro atoms. The monoisotopic (exact) mass is 1090 g/mol. The van der Waals surface area contributed by atoms with Crippen molar-refractivity contribution in [3.8, 4) is 0 Å². The molecule has 0 aliphatic carbocycles. The van der Waals surface area contributed by atoms with Gasteiger partial charge in [0.1, 0.15) is 18.8 Å². The maximum Gasteiger partial charge on any atom is 0.335 e. The van der Waals surface area contributed by atoms with Gasteiger partial charge in [-0.15, -0.1) is 0 Å². The van der Waals surface area contributed by atoms with Gasteiger partial charge in [0.25, 0.3) is 0 Å². The highest BCUT2D eigenvalue weighted by molar-refractivity contribution is 5.74. The Balaban J connectivity index is 2.63. The van der Waals surface area contributed by atoms with E-state index in [2.05, 4.69) is 69.4 Å². The molecule has 0 saturated carbocycles. The number of aliphatic hydroxyl groups is 2. The van der Waals surface area contributed by atoms with Gasteiger partial charge >= 0.3 is 23.9 Å². The van der Waals surface area contributed by atoms with Gasteiger partial charge in [0.05, 0.1) is 6.61 Å². The van der Waals surface area contributed by atoms with Crippen LogP contribution in [0.15, 0.2) is 48.6 Å². The van der Waals surface area contributed by atoms with Crippen LogP contribution < -0.4 is 0 Å². The molecule has 1 aliphatic rings. The van der Waals surface area contributed by atoms with E-state index in [-0.39, 0.29) is 25.9 Å². The lowest BCUT2D eigenvalue weighted by Gasteiger charge is -2.40. The minimum absolute atomic E-state index is 0.0557. The van der Waals surface area contributed by atoms with Crippen molar-refractivity contribution in [1.29, 1.82) is 0 Å². The summed E-state index contributed by atoms with van der Waals surface area (Å²) in [7, 11) is 0. The lowest BCUT2D eigenvalue weighted by atomic mass is 9.98. The van der Waals surface area contributed by atoms with Gasteiger partial charge in [-0.1, -0.05) is 223 Å². The lowest BCUT2D eigenvalue weighted by molar-refractivity contribution is -0.301. The molecule has 1 aliphatic heterocycles. The molecule has 0 aromatic heterocycles. The smallest absolute Gasteiger partial charge is 0.335 e. The van der Waals surface area contributed by atoms with Crippen LogP contribution >= 0.6 is 0 Å². The van der Waals surface area contributed by atoms with Gasteiger partial charge in [-0.2, -0.15) is 0 Å². The number of aliphatic carboxylic acids is 1. The first-order valence-electron chi connectivity index (χ1n) is 31.6. The van der Waals surface area contributed by atoms with E-state index in [1.54, 1.807) is 0 Å². The average molecular weight is 1090 g/mol. The number of rotatable bonds is 54. The molecule has 6 atom stereocenters. The number of carbonyl (C=O) groups is 4. The first kappa shape index (κ1) is 71.7. The van der Waals surface area contributed by atoms with Crippen LogP contribution in [0.2, 0.25) is 0 Å². The van der Waals surface area contributed by atoms with Crippen molar-refractivity contribution in [1.82, 2.24) is 0 Å². The fourth-order valence-electron chi connectivity index (χ4n) is 9.43. The Bertz CT molecular complexity index is 1520. The van der Waals surface area contributed by atoms with Gasteiger partial charge in [-0.05, 0) is 96.3 Å². The third-order valence-corrected chi connectivity index (χ3v) is 14.3. The second-order valence-electron chi connectivity index (χ2n) is 21.7. The second kappa shape index (κ2) is 53.3. The van der Waals surface area contributed by atoms with Crippen LogP contribution in [0, 0.1) is 0 Å². The number of carbonyl (C=O) groups excluding carboxylic acids is 3. The number of esters is 3. The number of ether oxygens (including phenoxy) is 5. The minimum Gasteiger partial charge on any atom is -0.479 e. The number of allylic oxidation sites excluding steroid dienone is 8. The Labute approximate surface area is 469 Å². The van der Waals surface area contributed by atoms with Crippen LogP contribution in [0.5, 0.6) is 0 Å². The summed E-state index contributed by atoms with van der Waals surface area (Å²) in [6.45, 7) is 5.94. The summed E-state index contributed by atoms with van der Waals surface area (Å²) in [5.41, 5.74) is 0. The predicted molar refractivity (Wildman–Crippen MR) is 312 cm³/mol. The van der Waals surface area contributed by atoms with Crippen molar-refractivity contribution >= 4 is 23.9 Å². The zero-order valence-electron chi connectivity index (χ0n) is 49.2. The molecular formula is C65H114O12. The Hall–Kier alpha value is -3.32. The van der Waals surface area contributed by atoms with Crippen LogP contribution in [0.1, 0.15) is 290 Å². The SMILES string of the molecule is CCCC/C=C\CCCCCCCC(=O)OC(COC(=O)CCCCCCCCC/C=C\CCCCCCCC)COC1OC(C(=O)O)C(O)C(O)C1OC(=O)CCCCCCCCCCC/C=C\C/C=C\CCCCC. The molecule has 77 heavy (non-hydrogen) atoms. The summed E-state index contributed by atoms with van der Waals surface area (Å²) in [5.74, 6) is -3.12. The largest absolute Gasteiger partial charge is 0.479 e. The summed E-state index contributed by atoms with van der Waals surface area (Å²) in [6, 6.07) is 0. The van der Waals surface area contributed by atoms with Crippen molar-refractivity contribution in [2.45, 2.75) is 327 Å². The summed E-state index contributed by atoms with van der Waals surface area (Å²) < 4.78 is 28.5. The van der Waals surface area contributed by atoms with Crippen LogP contribution in [0.3, 0.4) is 0 Å². The Kier molecular flexibility index (Phi) is 49.7. The molecule has 12 heteroatoms. The van der Waals surface area contributed by atoms with Crippen LogP contribution in [-0.4, -0.2) is 89.2 Å². The number of unbranched alkanes of at least 4 members (excludes halogenated alkanes) is 32. The lowest BCUT2D eigenvalue weighted by Crippen LogP contribution is -2.61. The molecule has 6 unspecified atom stereocenters. The number of carboxylic acid groups (broad SMARTS) is 1. The number of carboxylic acids is 1. The Morgan fingerprint density at radius 3 is 1.25 bits per heavy atom. The van der Waals surface area contributed by atoms with E-state index in [1.807, 2.05) is 0 Å². The van der Waals surface area contributed by atoms with Gasteiger partial charge in [0.15, 0.2) is 24.6 Å². The maximum absolute atomic E-state index is 13.1. The highest BCUT2D eigenvalue weighted by Gasteiger charge is 2.50. The summed E-state index contributed by atoms with van der Waals surface area (Å²) in [4.78, 5) is 51.2. The van der Waals surface area contributed by atoms with Gasteiger partial charge in [-0.3, -0.25) is 14.4 Å². The molecule has 0 aromatic rings. The quantitative estimate of drug-likeness (QED) is 0.0228. The topological polar surface area (TPSA) is 175 Å². The van der Waals surface area contributed by atoms with E-state index < -0.39 is 67.3 Å². The summed E-state index contributed by atoms with van der Waals surface area (Å²) >= 11 is 0. The highest BCUT2D eigenvalue weighted by Crippen LogP contribution is 2.27. The van der Waals surface area contributed by atoms with Crippen LogP contribution in [0.25, 0.3) is 0 Å². The van der Waals surface area contributed by atoms with E-state index in [0.717, 1.165) is 103 Å². The number of hydrogen-bond acceptors (Lipinski definition) is 11. The van der Waals surface area contributed by atoms with Gasteiger partial charge in [-0.25, -0.2) is 4.79 Å². The fraction of sp³-hybridized carbons (Fsp3) is 0.815. The Morgan fingerprint density at radius 2 is 0.792 bits per heavy atom. The van der Waals surface area contributed by atoms with Gasteiger partial charge < -0.3 is 39.0 Å². The van der Waals surface area contributed by atoms with E-state index in [0.29, 0.717) is 19.3 Å². The first-order chi connectivity index (χ1) is 37.6. The molecule has 1 saturated heterocycles.